The molecule has 1 N–H and O–H groups in total. The third-order valence-electron chi connectivity index (χ3n) is 4.70. The van der Waals surface area contributed by atoms with Gasteiger partial charge in [-0.3, -0.25) is 4.99 Å². The van der Waals surface area contributed by atoms with E-state index in [-0.39, 0.29) is 0 Å². The molecule has 140 valence electrons. The highest BCUT2D eigenvalue weighted by atomic mass is 15.3. The number of hydrogen-bond acceptors (Lipinski definition) is 1. The van der Waals surface area contributed by atoms with E-state index in [1.165, 1.54) is 36.8 Å². The number of nitrogens with zero attached hydrogens (tertiary/aromatic N) is 2. The van der Waals surface area contributed by atoms with Gasteiger partial charge < -0.3 is 10.2 Å². The second kappa shape index (κ2) is 10.6. The molecule has 0 saturated heterocycles. The van der Waals surface area contributed by atoms with Gasteiger partial charge in [0.2, 0.25) is 5.96 Å². The van der Waals surface area contributed by atoms with Gasteiger partial charge in [0.15, 0.2) is 0 Å². The number of unbranched alkanes of at least 4 members (excludes halogenated alkanes) is 2. The molecule has 0 unspecified atom stereocenters. The predicted molar refractivity (Wildman–Crippen MR) is 115 cm³/mol. The molecule has 3 heteroatoms. The lowest BCUT2D eigenvalue weighted by Gasteiger charge is -2.22. The molecule has 0 atom stereocenters. The Kier molecular flexibility index (Phi) is 8.20. The van der Waals surface area contributed by atoms with Crippen LogP contribution in [0.5, 0.6) is 0 Å². The van der Waals surface area contributed by atoms with E-state index in [1.807, 2.05) is 14.1 Å². The Bertz CT molecular complexity index is 672. The number of hydrogen-bond donors (Lipinski definition) is 1. The zero-order valence-electron chi connectivity index (χ0n) is 16.8. The van der Waals surface area contributed by atoms with Gasteiger partial charge in [0.05, 0.1) is 0 Å². The summed E-state index contributed by atoms with van der Waals surface area (Å²) in [7, 11) is 3.87. The Morgan fingerprint density at radius 1 is 0.846 bits per heavy atom. The predicted octanol–water partition coefficient (Wildman–Crippen LogP) is 5.91. The van der Waals surface area contributed by atoms with Gasteiger partial charge in [-0.1, -0.05) is 51.0 Å². The Hall–Kier alpha value is -2.29. The molecule has 2 aromatic carbocycles. The molecule has 0 amide bonds. The van der Waals surface area contributed by atoms with Crippen molar-refractivity contribution in [3.63, 3.8) is 0 Å². The van der Waals surface area contributed by atoms with Gasteiger partial charge in [-0.05, 0) is 61.1 Å². The van der Waals surface area contributed by atoms with Crippen molar-refractivity contribution in [3.8, 4) is 0 Å². The van der Waals surface area contributed by atoms with E-state index >= 15 is 0 Å². The number of anilines is 2. The average Bonchev–Trinajstić information content (AvgIpc) is 2.69. The zero-order chi connectivity index (χ0) is 18.8. The first kappa shape index (κ1) is 20.0. The third-order valence-corrected chi connectivity index (χ3v) is 4.70. The summed E-state index contributed by atoms with van der Waals surface area (Å²) in [4.78, 5) is 6.53. The topological polar surface area (TPSA) is 27.6 Å². The molecule has 0 spiro atoms. The molecule has 3 nitrogen and oxygen atoms in total. The van der Waals surface area contributed by atoms with E-state index in [0.29, 0.717) is 0 Å². The fourth-order valence-corrected chi connectivity index (χ4v) is 2.94. The van der Waals surface area contributed by atoms with Gasteiger partial charge in [-0.2, -0.15) is 0 Å². The summed E-state index contributed by atoms with van der Waals surface area (Å²) >= 11 is 0. The minimum Gasteiger partial charge on any atom is -0.326 e. The minimum absolute atomic E-state index is 0.840. The lowest BCUT2D eigenvalue weighted by molar-refractivity contribution is 0.795. The van der Waals surface area contributed by atoms with Crippen LogP contribution >= 0.6 is 0 Å². The normalized spacial score (nSPS) is 11.5. The number of benzene rings is 2. The summed E-state index contributed by atoms with van der Waals surface area (Å²) < 4.78 is 0. The first-order chi connectivity index (χ1) is 12.7. The van der Waals surface area contributed by atoms with E-state index in [2.05, 4.69) is 77.6 Å². The fraction of sp³-hybridized carbons (Fsp3) is 0.435. The van der Waals surface area contributed by atoms with Gasteiger partial charge in [0.25, 0.3) is 0 Å². The Morgan fingerprint density at radius 2 is 1.35 bits per heavy atom. The fourth-order valence-electron chi connectivity index (χ4n) is 2.94. The van der Waals surface area contributed by atoms with Crippen LogP contribution in [0, 0.1) is 0 Å². The van der Waals surface area contributed by atoms with Crippen LogP contribution in [0.3, 0.4) is 0 Å². The Morgan fingerprint density at radius 3 is 1.81 bits per heavy atom. The average molecular weight is 352 g/mol. The number of guanidine groups is 1. The second-order valence-corrected chi connectivity index (χ2v) is 6.80. The molecule has 0 saturated carbocycles. The standard InChI is InChI=1S/C23H33N3/c1-5-7-9-19-11-15-21(16-12-19)25-23(24-3)26(4)22-17-13-20(14-18-22)10-8-6-2/h11-18H,5-10H2,1-4H3,(H,24,25). The van der Waals surface area contributed by atoms with Crippen molar-refractivity contribution in [1.82, 2.24) is 0 Å². The molecule has 2 rings (SSSR count). The maximum atomic E-state index is 4.44. The number of nitrogens with one attached hydrogen (secondary N) is 1. The highest BCUT2D eigenvalue weighted by Gasteiger charge is 2.09. The van der Waals surface area contributed by atoms with Crippen LogP contribution in [0.4, 0.5) is 11.4 Å². The quantitative estimate of drug-likeness (QED) is 0.473. The number of rotatable bonds is 8. The van der Waals surface area contributed by atoms with Crippen LogP contribution in [-0.4, -0.2) is 20.1 Å². The summed E-state index contributed by atoms with van der Waals surface area (Å²) in [6.07, 6.45) is 7.25. The molecule has 0 aromatic heterocycles. The molecule has 0 aliphatic carbocycles. The van der Waals surface area contributed by atoms with E-state index in [1.54, 1.807) is 0 Å². The van der Waals surface area contributed by atoms with Crippen LogP contribution in [0.2, 0.25) is 0 Å². The van der Waals surface area contributed by atoms with Crippen LogP contribution < -0.4 is 10.2 Å². The first-order valence-electron chi connectivity index (χ1n) is 9.83. The van der Waals surface area contributed by atoms with Crippen molar-refractivity contribution < 1.29 is 0 Å². The molecule has 0 bridgehead atoms. The van der Waals surface area contributed by atoms with Crippen molar-refractivity contribution in [2.45, 2.75) is 52.4 Å². The van der Waals surface area contributed by atoms with E-state index in [9.17, 15) is 0 Å². The van der Waals surface area contributed by atoms with Crippen molar-refractivity contribution in [2.75, 3.05) is 24.3 Å². The molecule has 0 aliphatic heterocycles. The maximum Gasteiger partial charge on any atom is 0.202 e. The third kappa shape index (κ3) is 5.91. The summed E-state index contributed by atoms with van der Waals surface area (Å²) in [6, 6.07) is 17.5. The lowest BCUT2D eigenvalue weighted by Crippen LogP contribution is -2.32. The maximum absolute atomic E-state index is 4.44. The van der Waals surface area contributed by atoms with Crippen molar-refractivity contribution in [3.05, 3.63) is 59.7 Å². The Labute approximate surface area is 159 Å². The van der Waals surface area contributed by atoms with Crippen molar-refractivity contribution in [2.24, 2.45) is 4.99 Å². The van der Waals surface area contributed by atoms with E-state index in [0.717, 1.165) is 30.2 Å². The van der Waals surface area contributed by atoms with Gasteiger partial charge >= 0.3 is 0 Å². The molecule has 2 aromatic rings. The number of aryl methyl sites for hydroxylation is 2. The van der Waals surface area contributed by atoms with Crippen LogP contribution in [0.25, 0.3) is 0 Å². The highest BCUT2D eigenvalue weighted by molar-refractivity contribution is 6.04. The SMILES string of the molecule is CCCCc1ccc(NC(=NC)N(C)c2ccc(CCCC)cc2)cc1. The van der Waals surface area contributed by atoms with Crippen LogP contribution in [0.1, 0.15) is 50.7 Å². The van der Waals surface area contributed by atoms with Crippen molar-refractivity contribution >= 4 is 17.3 Å². The highest BCUT2D eigenvalue weighted by Crippen LogP contribution is 2.18. The van der Waals surface area contributed by atoms with Gasteiger partial charge in [0, 0.05) is 25.5 Å². The van der Waals surface area contributed by atoms with Gasteiger partial charge in [-0.25, -0.2) is 0 Å². The molecule has 26 heavy (non-hydrogen) atoms. The van der Waals surface area contributed by atoms with Crippen LogP contribution in [0.15, 0.2) is 53.5 Å². The summed E-state index contributed by atoms with van der Waals surface area (Å²) in [5, 5.41) is 3.44. The number of aliphatic imine (C=N–C) groups is 1. The first-order valence-corrected chi connectivity index (χ1v) is 9.83. The Balaban J connectivity index is 2.01. The molecule has 0 fully saturated rings. The summed E-state index contributed by atoms with van der Waals surface area (Å²) in [5.74, 6) is 0.840. The second-order valence-electron chi connectivity index (χ2n) is 6.80. The van der Waals surface area contributed by atoms with Crippen molar-refractivity contribution in [1.29, 1.82) is 0 Å². The van der Waals surface area contributed by atoms with Crippen LogP contribution in [-0.2, 0) is 12.8 Å². The monoisotopic (exact) mass is 351 g/mol. The van der Waals surface area contributed by atoms with E-state index in [4.69, 9.17) is 0 Å². The largest absolute Gasteiger partial charge is 0.326 e. The zero-order valence-corrected chi connectivity index (χ0v) is 16.8. The smallest absolute Gasteiger partial charge is 0.202 e. The molecule has 0 aliphatic rings. The summed E-state index contributed by atoms with van der Waals surface area (Å²) in [5.41, 5.74) is 4.99. The molecule has 0 radical (unpaired) electrons. The van der Waals surface area contributed by atoms with Gasteiger partial charge in [0.1, 0.15) is 0 Å². The van der Waals surface area contributed by atoms with Gasteiger partial charge in [-0.15, -0.1) is 0 Å². The molecular weight excluding hydrogens is 318 g/mol. The molecule has 0 heterocycles. The summed E-state index contributed by atoms with van der Waals surface area (Å²) in [6.45, 7) is 4.46. The lowest BCUT2D eigenvalue weighted by atomic mass is 10.1. The minimum atomic E-state index is 0.840. The van der Waals surface area contributed by atoms with E-state index < -0.39 is 0 Å². The molecular formula is C23H33N3.